The van der Waals surface area contributed by atoms with Gasteiger partial charge in [0.15, 0.2) is 5.65 Å². The summed E-state index contributed by atoms with van der Waals surface area (Å²) in [7, 11) is 0. The third kappa shape index (κ3) is 3.67. The lowest BCUT2D eigenvalue weighted by atomic mass is 9.87. The van der Waals surface area contributed by atoms with E-state index >= 15 is 0 Å². The molecule has 0 fully saturated rings. The van der Waals surface area contributed by atoms with E-state index in [9.17, 15) is 14.3 Å². The van der Waals surface area contributed by atoms with Crippen molar-refractivity contribution in [1.82, 2.24) is 19.7 Å². The van der Waals surface area contributed by atoms with Crippen LogP contribution in [-0.2, 0) is 11.2 Å². The van der Waals surface area contributed by atoms with E-state index < -0.39 is 5.82 Å². The van der Waals surface area contributed by atoms with E-state index in [0.717, 1.165) is 36.5 Å². The third-order valence-corrected chi connectivity index (χ3v) is 5.85. The molecule has 8 nitrogen and oxygen atoms in total. The zero-order chi connectivity index (χ0) is 23.1. The summed E-state index contributed by atoms with van der Waals surface area (Å²) in [5, 5.41) is 18.0. The second kappa shape index (κ2) is 8.01. The van der Waals surface area contributed by atoms with E-state index in [-0.39, 0.29) is 23.5 Å². The quantitative estimate of drug-likeness (QED) is 0.410. The number of halogens is 1. The van der Waals surface area contributed by atoms with Gasteiger partial charge in [0.2, 0.25) is 5.91 Å². The second-order valence-corrected chi connectivity index (χ2v) is 7.96. The number of fused-ring (bicyclic) bond motifs is 2. The Kier molecular flexibility index (Phi) is 5.01. The molecule has 1 aliphatic carbocycles. The van der Waals surface area contributed by atoms with Crippen molar-refractivity contribution in [3.05, 3.63) is 72.3 Å². The van der Waals surface area contributed by atoms with Crippen LogP contribution < -0.4 is 11.1 Å². The predicted octanol–water partition coefficient (Wildman–Crippen LogP) is 3.97. The number of aromatic nitrogens is 4. The van der Waals surface area contributed by atoms with Crippen LogP contribution >= 0.6 is 0 Å². The molecule has 9 heteroatoms. The molecule has 33 heavy (non-hydrogen) atoms. The smallest absolute Gasteiger partial charge is 0.247 e. The molecule has 1 unspecified atom stereocenters. The van der Waals surface area contributed by atoms with Crippen LogP contribution in [0.5, 0.6) is 5.75 Å². The van der Waals surface area contributed by atoms with Crippen LogP contribution in [0.4, 0.5) is 15.9 Å². The van der Waals surface area contributed by atoms with Gasteiger partial charge in [0.1, 0.15) is 29.4 Å². The van der Waals surface area contributed by atoms with Gasteiger partial charge >= 0.3 is 0 Å². The zero-order valence-electron chi connectivity index (χ0n) is 17.6. The van der Waals surface area contributed by atoms with Crippen LogP contribution in [0.15, 0.2) is 55.4 Å². The standard InChI is InChI=1S/C24H21FN6O2/c1-2-20(33)29-16-6-7-18-13(9-16)4-3-5-19(18)31-24-21(23(26)27-12-28-24)22(30-31)14-8-15(25)11-17(32)10-14/h2,6-12,19,32H,1,3-5H2,(H,29,33)(H2,26,27,28). The minimum absolute atomic E-state index is 0.134. The monoisotopic (exact) mass is 444 g/mol. The van der Waals surface area contributed by atoms with Gasteiger partial charge in [0, 0.05) is 17.3 Å². The number of carbonyl (C=O) groups excluding carboxylic acids is 1. The van der Waals surface area contributed by atoms with Gasteiger partial charge in [-0.15, -0.1) is 0 Å². The fourth-order valence-corrected chi connectivity index (χ4v) is 4.44. The van der Waals surface area contributed by atoms with Gasteiger partial charge in [0.25, 0.3) is 0 Å². The van der Waals surface area contributed by atoms with Crippen LogP contribution in [0.2, 0.25) is 0 Å². The van der Waals surface area contributed by atoms with Crippen molar-refractivity contribution in [2.45, 2.75) is 25.3 Å². The molecule has 166 valence electrons. The second-order valence-electron chi connectivity index (χ2n) is 7.96. The average molecular weight is 444 g/mol. The largest absolute Gasteiger partial charge is 0.508 e. The summed E-state index contributed by atoms with van der Waals surface area (Å²) in [4.78, 5) is 20.2. The van der Waals surface area contributed by atoms with Crippen molar-refractivity contribution < 1.29 is 14.3 Å². The maximum absolute atomic E-state index is 14.0. The first kappa shape index (κ1) is 20.6. The molecule has 0 saturated heterocycles. The fourth-order valence-electron chi connectivity index (χ4n) is 4.44. The Morgan fingerprint density at radius 3 is 2.91 bits per heavy atom. The zero-order valence-corrected chi connectivity index (χ0v) is 17.6. The van der Waals surface area contributed by atoms with E-state index in [0.29, 0.717) is 28.0 Å². The van der Waals surface area contributed by atoms with E-state index in [4.69, 9.17) is 10.8 Å². The Balaban J connectivity index is 1.66. The van der Waals surface area contributed by atoms with E-state index in [1.165, 1.54) is 24.5 Å². The highest BCUT2D eigenvalue weighted by molar-refractivity contribution is 5.99. The molecule has 2 heterocycles. The van der Waals surface area contributed by atoms with Crippen LogP contribution in [0.25, 0.3) is 22.3 Å². The van der Waals surface area contributed by atoms with Crippen molar-refractivity contribution in [2.75, 3.05) is 11.1 Å². The summed E-state index contributed by atoms with van der Waals surface area (Å²) >= 11 is 0. The van der Waals surface area contributed by atoms with Gasteiger partial charge < -0.3 is 16.2 Å². The Morgan fingerprint density at radius 2 is 2.12 bits per heavy atom. The minimum atomic E-state index is -0.583. The molecule has 0 bridgehead atoms. The number of carbonyl (C=O) groups is 1. The number of hydrogen-bond donors (Lipinski definition) is 3. The average Bonchev–Trinajstić information content (AvgIpc) is 3.19. The van der Waals surface area contributed by atoms with Crippen LogP contribution in [-0.4, -0.2) is 30.8 Å². The van der Waals surface area contributed by atoms with E-state index in [1.54, 1.807) is 4.68 Å². The number of aryl methyl sites for hydroxylation is 1. The number of nitrogens with zero attached hydrogens (tertiary/aromatic N) is 4. The number of aromatic hydroxyl groups is 1. The Morgan fingerprint density at radius 1 is 1.27 bits per heavy atom. The normalized spacial score (nSPS) is 15.2. The summed E-state index contributed by atoms with van der Waals surface area (Å²) in [6, 6.07) is 9.41. The van der Waals surface area contributed by atoms with Gasteiger partial charge in [-0.3, -0.25) is 4.79 Å². The topological polar surface area (TPSA) is 119 Å². The van der Waals surface area contributed by atoms with Crippen LogP contribution in [0, 0.1) is 5.82 Å². The molecule has 5 rings (SSSR count). The van der Waals surface area contributed by atoms with Crippen molar-refractivity contribution in [3.63, 3.8) is 0 Å². The fraction of sp³-hybridized carbons (Fsp3) is 0.167. The molecule has 2 aromatic carbocycles. The highest BCUT2D eigenvalue weighted by Crippen LogP contribution is 2.39. The summed E-state index contributed by atoms with van der Waals surface area (Å²) in [6.07, 6.45) is 5.20. The molecular weight excluding hydrogens is 423 g/mol. The number of nitrogen functional groups attached to an aromatic ring is 1. The van der Waals surface area contributed by atoms with Crippen LogP contribution in [0.1, 0.15) is 30.0 Å². The van der Waals surface area contributed by atoms with Crippen LogP contribution in [0.3, 0.4) is 0 Å². The first-order chi connectivity index (χ1) is 15.9. The Bertz CT molecular complexity index is 1390. The Hall–Kier alpha value is -4.27. The highest BCUT2D eigenvalue weighted by atomic mass is 19.1. The minimum Gasteiger partial charge on any atom is -0.508 e. The van der Waals surface area contributed by atoms with E-state index in [1.807, 2.05) is 18.2 Å². The number of nitrogens with one attached hydrogen (secondary N) is 1. The number of amides is 1. The number of benzene rings is 2. The number of nitrogens with two attached hydrogens (primary N) is 1. The van der Waals surface area contributed by atoms with Crippen molar-refractivity contribution >= 4 is 28.4 Å². The number of phenolic OH excluding ortho intramolecular Hbond substituents is 1. The molecule has 2 aromatic heterocycles. The van der Waals surface area contributed by atoms with Gasteiger partial charge in [-0.2, -0.15) is 5.10 Å². The lowest BCUT2D eigenvalue weighted by molar-refractivity contribution is -0.111. The molecule has 0 radical (unpaired) electrons. The lowest BCUT2D eigenvalue weighted by Gasteiger charge is -2.26. The molecule has 4 N–H and O–H groups in total. The third-order valence-electron chi connectivity index (χ3n) is 5.85. The first-order valence-electron chi connectivity index (χ1n) is 10.5. The van der Waals surface area contributed by atoms with Gasteiger partial charge in [-0.25, -0.2) is 19.0 Å². The maximum atomic E-state index is 14.0. The van der Waals surface area contributed by atoms with Crippen molar-refractivity contribution in [1.29, 1.82) is 0 Å². The first-order valence-corrected chi connectivity index (χ1v) is 10.5. The summed E-state index contributed by atoms with van der Waals surface area (Å²) in [5.41, 5.74) is 10.4. The van der Waals surface area contributed by atoms with E-state index in [2.05, 4.69) is 21.9 Å². The SMILES string of the molecule is C=CC(=O)Nc1ccc2c(c1)CCCC2n1nc(-c2cc(O)cc(F)c2)c2c(N)ncnc21. The molecule has 1 atom stereocenters. The summed E-state index contributed by atoms with van der Waals surface area (Å²) < 4.78 is 15.8. The van der Waals surface area contributed by atoms with Gasteiger partial charge in [-0.1, -0.05) is 12.6 Å². The summed E-state index contributed by atoms with van der Waals surface area (Å²) in [5.74, 6) is -0.834. The lowest BCUT2D eigenvalue weighted by Crippen LogP contribution is -2.19. The Labute approximate surface area is 188 Å². The molecule has 1 aliphatic rings. The number of phenols is 1. The number of rotatable bonds is 4. The molecule has 4 aromatic rings. The predicted molar refractivity (Wildman–Crippen MR) is 123 cm³/mol. The molecular formula is C24H21FN6O2. The maximum Gasteiger partial charge on any atom is 0.247 e. The van der Waals surface area contributed by atoms with Gasteiger partial charge in [0.05, 0.1) is 11.4 Å². The summed E-state index contributed by atoms with van der Waals surface area (Å²) in [6.45, 7) is 3.49. The van der Waals surface area contributed by atoms with Gasteiger partial charge in [-0.05, 0) is 60.7 Å². The molecule has 0 aliphatic heterocycles. The van der Waals surface area contributed by atoms with Crippen molar-refractivity contribution in [3.8, 4) is 17.0 Å². The molecule has 0 saturated carbocycles. The highest BCUT2D eigenvalue weighted by Gasteiger charge is 2.27. The number of anilines is 2. The van der Waals surface area contributed by atoms with Crippen molar-refractivity contribution in [2.24, 2.45) is 0 Å². The number of hydrogen-bond acceptors (Lipinski definition) is 6. The molecule has 0 spiro atoms. The molecule has 1 amide bonds.